The maximum atomic E-state index is 9.18. The molecule has 2 heterocycles. The summed E-state index contributed by atoms with van der Waals surface area (Å²) in [5, 5.41) is 18.5. The summed E-state index contributed by atoms with van der Waals surface area (Å²) in [6, 6.07) is 8.10. The molecule has 0 spiro atoms. The van der Waals surface area contributed by atoms with E-state index in [1.54, 1.807) is 11.8 Å². The lowest BCUT2D eigenvalue weighted by molar-refractivity contribution is 0.279. The molecule has 5 nitrogen and oxygen atoms in total. The van der Waals surface area contributed by atoms with Crippen LogP contribution in [0.1, 0.15) is 6.92 Å². The molecule has 0 amide bonds. The van der Waals surface area contributed by atoms with Crippen molar-refractivity contribution >= 4 is 28.6 Å². The van der Waals surface area contributed by atoms with E-state index in [0.29, 0.717) is 6.54 Å². The first-order valence-corrected chi connectivity index (χ1v) is 6.91. The van der Waals surface area contributed by atoms with Crippen molar-refractivity contribution in [3.05, 3.63) is 24.3 Å². The SMILES string of the molecule is CCSc1nnc2n(CCO)c3ccccc3n12. The molecule has 1 aromatic carbocycles. The number of imidazole rings is 1. The molecule has 0 unspecified atom stereocenters. The summed E-state index contributed by atoms with van der Waals surface area (Å²) in [5.41, 5.74) is 2.16. The third-order valence-corrected chi connectivity index (χ3v) is 3.68. The van der Waals surface area contributed by atoms with E-state index in [0.717, 1.165) is 27.7 Å². The normalized spacial score (nSPS) is 11.7. The number of fused-ring (bicyclic) bond motifs is 3. The molecule has 2 aromatic heterocycles. The van der Waals surface area contributed by atoms with Crippen molar-refractivity contribution in [2.45, 2.75) is 18.6 Å². The number of rotatable bonds is 4. The van der Waals surface area contributed by atoms with Crippen LogP contribution in [0.2, 0.25) is 0 Å². The highest BCUT2D eigenvalue weighted by Crippen LogP contribution is 2.25. The molecule has 0 radical (unpaired) electrons. The van der Waals surface area contributed by atoms with Crippen LogP contribution in [0.5, 0.6) is 0 Å². The van der Waals surface area contributed by atoms with Gasteiger partial charge in [0.2, 0.25) is 5.78 Å². The van der Waals surface area contributed by atoms with Gasteiger partial charge in [-0.15, -0.1) is 10.2 Å². The molecular weight excluding hydrogens is 248 g/mol. The summed E-state index contributed by atoms with van der Waals surface area (Å²) in [5.74, 6) is 1.75. The standard InChI is InChI=1S/C12H14N4OS/c1-2-18-12-14-13-11-15(7-8-17)9-5-3-4-6-10(9)16(11)12/h3-6,17H,2,7-8H2,1H3. The van der Waals surface area contributed by atoms with Crippen molar-refractivity contribution in [2.24, 2.45) is 0 Å². The average Bonchev–Trinajstić information content (AvgIpc) is 2.92. The van der Waals surface area contributed by atoms with Crippen molar-refractivity contribution in [1.29, 1.82) is 0 Å². The summed E-state index contributed by atoms with van der Waals surface area (Å²) in [6.45, 7) is 2.72. The Bertz CT molecular complexity index is 688. The second kappa shape index (κ2) is 4.62. The fourth-order valence-electron chi connectivity index (χ4n) is 2.18. The van der Waals surface area contributed by atoms with Crippen molar-refractivity contribution < 1.29 is 5.11 Å². The van der Waals surface area contributed by atoms with Gasteiger partial charge in [-0.3, -0.25) is 4.40 Å². The highest BCUT2D eigenvalue weighted by atomic mass is 32.2. The molecule has 18 heavy (non-hydrogen) atoms. The fourth-order valence-corrected chi connectivity index (χ4v) is 2.85. The lowest BCUT2D eigenvalue weighted by atomic mass is 10.3. The van der Waals surface area contributed by atoms with E-state index in [1.807, 2.05) is 22.8 Å². The number of nitrogens with zero attached hydrogens (tertiary/aromatic N) is 4. The van der Waals surface area contributed by atoms with Crippen LogP contribution in [-0.4, -0.2) is 36.6 Å². The predicted molar refractivity (Wildman–Crippen MR) is 72.0 cm³/mol. The van der Waals surface area contributed by atoms with E-state index in [2.05, 4.69) is 27.6 Å². The monoisotopic (exact) mass is 262 g/mol. The van der Waals surface area contributed by atoms with Crippen molar-refractivity contribution in [3.63, 3.8) is 0 Å². The van der Waals surface area contributed by atoms with Gasteiger partial charge in [0.05, 0.1) is 17.6 Å². The van der Waals surface area contributed by atoms with Gasteiger partial charge in [-0.05, 0) is 17.9 Å². The number of benzene rings is 1. The number of hydrogen-bond donors (Lipinski definition) is 1. The molecule has 0 saturated heterocycles. The van der Waals surface area contributed by atoms with Crippen LogP contribution in [0.25, 0.3) is 16.8 Å². The molecule has 6 heteroatoms. The van der Waals surface area contributed by atoms with Gasteiger partial charge in [0.1, 0.15) is 0 Å². The van der Waals surface area contributed by atoms with Crippen LogP contribution in [0.15, 0.2) is 29.4 Å². The first kappa shape index (κ1) is 11.6. The Morgan fingerprint density at radius 1 is 1.22 bits per heavy atom. The first-order chi connectivity index (χ1) is 8.86. The van der Waals surface area contributed by atoms with Gasteiger partial charge in [-0.2, -0.15) is 0 Å². The molecule has 0 saturated carbocycles. The van der Waals surface area contributed by atoms with Crippen molar-refractivity contribution in [3.8, 4) is 0 Å². The van der Waals surface area contributed by atoms with Crippen LogP contribution in [0.4, 0.5) is 0 Å². The maximum absolute atomic E-state index is 9.18. The Balaban J connectivity index is 2.36. The van der Waals surface area contributed by atoms with Gasteiger partial charge in [0.15, 0.2) is 5.16 Å². The summed E-state index contributed by atoms with van der Waals surface area (Å²) in [4.78, 5) is 0. The van der Waals surface area contributed by atoms with Crippen LogP contribution in [0.3, 0.4) is 0 Å². The third kappa shape index (κ3) is 1.60. The zero-order valence-electron chi connectivity index (χ0n) is 10.1. The number of aliphatic hydroxyl groups excluding tert-OH is 1. The predicted octanol–water partition coefficient (Wildman–Crippen LogP) is 1.79. The molecule has 0 aliphatic heterocycles. The fraction of sp³-hybridized carbons (Fsp3) is 0.333. The van der Waals surface area contributed by atoms with Gasteiger partial charge < -0.3 is 9.67 Å². The minimum atomic E-state index is 0.0947. The highest BCUT2D eigenvalue weighted by molar-refractivity contribution is 7.99. The van der Waals surface area contributed by atoms with Gasteiger partial charge in [0, 0.05) is 6.54 Å². The lowest BCUT2D eigenvalue weighted by Crippen LogP contribution is -2.02. The van der Waals surface area contributed by atoms with E-state index in [-0.39, 0.29) is 6.61 Å². The van der Waals surface area contributed by atoms with E-state index in [1.165, 1.54) is 0 Å². The lowest BCUT2D eigenvalue weighted by Gasteiger charge is -2.00. The number of aromatic nitrogens is 4. The minimum Gasteiger partial charge on any atom is -0.395 e. The molecule has 0 aliphatic carbocycles. The largest absolute Gasteiger partial charge is 0.395 e. The van der Waals surface area contributed by atoms with E-state index in [4.69, 9.17) is 0 Å². The van der Waals surface area contributed by atoms with Crippen LogP contribution in [-0.2, 0) is 6.54 Å². The second-order valence-corrected chi connectivity index (χ2v) is 5.15. The molecule has 0 fully saturated rings. The zero-order chi connectivity index (χ0) is 12.5. The Morgan fingerprint density at radius 2 is 2.00 bits per heavy atom. The third-order valence-electron chi connectivity index (χ3n) is 2.87. The van der Waals surface area contributed by atoms with E-state index < -0.39 is 0 Å². The number of aliphatic hydroxyl groups is 1. The topological polar surface area (TPSA) is 55.3 Å². The summed E-state index contributed by atoms with van der Waals surface area (Å²) >= 11 is 1.67. The first-order valence-electron chi connectivity index (χ1n) is 5.92. The zero-order valence-corrected chi connectivity index (χ0v) is 10.9. The van der Waals surface area contributed by atoms with Gasteiger partial charge in [-0.1, -0.05) is 30.8 Å². The molecule has 94 valence electrons. The number of thioether (sulfide) groups is 1. The van der Waals surface area contributed by atoms with Crippen LogP contribution in [0, 0.1) is 0 Å². The van der Waals surface area contributed by atoms with E-state index >= 15 is 0 Å². The Labute approximate surface area is 108 Å². The molecule has 0 atom stereocenters. The number of para-hydroxylation sites is 2. The minimum absolute atomic E-state index is 0.0947. The van der Waals surface area contributed by atoms with Crippen molar-refractivity contribution in [1.82, 2.24) is 19.2 Å². The molecule has 0 aliphatic rings. The van der Waals surface area contributed by atoms with Crippen LogP contribution < -0.4 is 0 Å². The summed E-state index contributed by atoms with van der Waals surface area (Å²) in [6.07, 6.45) is 0. The molecule has 3 aromatic rings. The van der Waals surface area contributed by atoms with Crippen LogP contribution >= 0.6 is 11.8 Å². The smallest absolute Gasteiger partial charge is 0.237 e. The van der Waals surface area contributed by atoms with E-state index in [9.17, 15) is 5.11 Å². The van der Waals surface area contributed by atoms with Gasteiger partial charge >= 0.3 is 0 Å². The molecule has 0 bridgehead atoms. The Kier molecular flexibility index (Phi) is 2.97. The Morgan fingerprint density at radius 3 is 2.72 bits per heavy atom. The molecule has 1 N–H and O–H groups in total. The summed E-state index contributed by atoms with van der Waals surface area (Å²) in [7, 11) is 0. The maximum Gasteiger partial charge on any atom is 0.237 e. The molecule has 3 rings (SSSR count). The summed E-state index contributed by atoms with van der Waals surface area (Å²) < 4.78 is 4.06. The number of hydrogen-bond acceptors (Lipinski definition) is 4. The Hall–Kier alpha value is -1.53. The van der Waals surface area contributed by atoms with Crippen molar-refractivity contribution in [2.75, 3.05) is 12.4 Å². The van der Waals surface area contributed by atoms with Gasteiger partial charge in [-0.25, -0.2) is 0 Å². The quantitative estimate of drug-likeness (QED) is 0.728. The van der Waals surface area contributed by atoms with Gasteiger partial charge in [0.25, 0.3) is 0 Å². The average molecular weight is 262 g/mol. The highest BCUT2D eigenvalue weighted by Gasteiger charge is 2.15. The molecular formula is C12H14N4OS. The second-order valence-electron chi connectivity index (χ2n) is 3.91.